The van der Waals surface area contributed by atoms with Crippen molar-refractivity contribution in [1.29, 1.82) is 0 Å². The maximum absolute atomic E-state index is 12.0. The largest absolute Gasteiger partial charge is 0.481 e. The number of aliphatic carboxylic acids is 1. The van der Waals surface area contributed by atoms with Gasteiger partial charge in [0.05, 0.1) is 12.2 Å². The number of carboxylic acid groups (broad SMARTS) is 1. The van der Waals surface area contributed by atoms with Gasteiger partial charge in [0.1, 0.15) is 0 Å². The molecule has 2 bridgehead atoms. The lowest BCUT2D eigenvalue weighted by molar-refractivity contribution is -0.136. The van der Waals surface area contributed by atoms with E-state index in [1.807, 2.05) is 0 Å². The lowest BCUT2D eigenvalue weighted by Crippen LogP contribution is -2.52. The predicted molar refractivity (Wildman–Crippen MR) is 72.2 cm³/mol. The second-order valence-corrected chi connectivity index (χ2v) is 8.80. The molecule has 0 aromatic carbocycles. The molecule has 0 aliphatic heterocycles. The Hall–Kier alpha value is -0.620. The fourth-order valence-electron chi connectivity index (χ4n) is 4.06. The maximum atomic E-state index is 12.0. The summed E-state index contributed by atoms with van der Waals surface area (Å²) in [5.41, 5.74) is -0.0340. The van der Waals surface area contributed by atoms with Crippen LogP contribution in [0.5, 0.6) is 0 Å². The van der Waals surface area contributed by atoms with Crippen molar-refractivity contribution in [1.82, 2.24) is 4.72 Å². The van der Waals surface area contributed by atoms with Crippen LogP contribution in [0, 0.1) is 16.7 Å². The molecule has 3 unspecified atom stereocenters. The molecule has 2 aliphatic rings. The van der Waals surface area contributed by atoms with E-state index < -0.39 is 16.0 Å². The van der Waals surface area contributed by atoms with E-state index in [-0.39, 0.29) is 29.0 Å². The van der Waals surface area contributed by atoms with Crippen LogP contribution >= 0.6 is 0 Å². The lowest BCUT2D eigenvalue weighted by Gasteiger charge is -2.42. The van der Waals surface area contributed by atoms with E-state index in [1.54, 1.807) is 0 Å². The van der Waals surface area contributed by atoms with Crippen LogP contribution in [0.3, 0.4) is 0 Å². The third kappa shape index (κ3) is 2.65. The SMILES string of the molecule is CC12CCC(C1)C(C)(C)C2NS(=O)(=O)CCC(=O)O. The second-order valence-electron chi connectivity index (χ2n) is 6.93. The van der Waals surface area contributed by atoms with Crippen LogP contribution in [0.1, 0.15) is 46.5 Å². The Balaban J connectivity index is 2.12. The minimum Gasteiger partial charge on any atom is -0.481 e. The van der Waals surface area contributed by atoms with Gasteiger partial charge in [-0.3, -0.25) is 4.79 Å². The van der Waals surface area contributed by atoms with Crippen molar-refractivity contribution in [3.63, 3.8) is 0 Å². The molecule has 6 heteroatoms. The van der Waals surface area contributed by atoms with Crippen LogP contribution in [-0.4, -0.2) is 31.3 Å². The molecule has 0 heterocycles. The summed E-state index contributed by atoms with van der Waals surface area (Å²) in [6.45, 7) is 6.38. The van der Waals surface area contributed by atoms with Gasteiger partial charge in [-0.2, -0.15) is 0 Å². The Kier molecular flexibility index (Phi) is 3.46. The smallest absolute Gasteiger partial charge is 0.304 e. The first-order chi connectivity index (χ1) is 8.57. The predicted octanol–water partition coefficient (Wildman–Crippen LogP) is 1.60. The summed E-state index contributed by atoms with van der Waals surface area (Å²) in [6, 6.07) is -0.0856. The number of carboxylic acids is 1. The molecule has 110 valence electrons. The Morgan fingerprint density at radius 1 is 1.37 bits per heavy atom. The number of carbonyl (C=O) groups is 1. The van der Waals surface area contributed by atoms with Crippen LogP contribution in [0.2, 0.25) is 0 Å². The molecule has 2 rings (SSSR count). The van der Waals surface area contributed by atoms with Crippen molar-refractivity contribution in [2.24, 2.45) is 16.7 Å². The highest BCUT2D eigenvalue weighted by molar-refractivity contribution is 7.89. The van der Waals surface area contributed by atoms with E-state index >= 15 is 0 Å². The Labute approximate surface area is 114 Å². The second kappa shape index (κ2) is 4.45. The van der Waals surface area contributed by atoms with Crippen molar-refractivity contribution in [3.05, 3.63) is 0 Å². The van der Waals surface area contributed by atoms with Gasteiger partial charge >= 0.3 is 5.97 Å². The number of hydrogen-bond acceptors (Lipinski definition) is 3. The molecule has 0 amide bonds. The van der Waals surface area contributed by atoms with Gasteiger partial charge in [-0.15, -0.1) is 0 Å². The molecule has 2 saturated carbocycles. The summed E-state index contributed by atoms with van der Waals surface area (Å²) in [5.74, 6) is -0.858. The molecule has 0 saturated heterocycles. The summed E-state index contributed by atoms with van der Waals surface area (Å²) < 4.78 is 26.8. The van der Waals surface area contributed by atoms with E-state index in [4.69, 9.17) is 5.11 Å². The Morgan fingerprint density at radius 3 is 2.47 bits per heavy atom. The average molecular weight is 289 g/mol. The molecular weight excluding hydrogens is 266 g/mol. The van der Waals surface area contributed by atoms with Crippen molar-refractivity contribution >= 4 is 16.0 Å². The van der Waals surface area contributed by atoms with Gasteiger partial charge < -0.3 is 5.11 Å². The minimum absolute atomic E-state index is 0.0183. The van der Waals surface area contributed by atoms with E-state index in [1.165, 1.54) is 0 Å². The van der Waals surface area contributed by atoms with E-state index in [9.17, 15) is 13.2 Å². The molecule has 0 radical (unpaired) electrons. The molecular formula is C13H23NO4S. The first kappa shape index (κ1) is 14.8. The molecule has 0 spiro atoms. The molecule has 0 aromatic heterocycles. The van der Waals surface area contributed by atoms with Crippen molar-refractivity contribution in [2.45, 2.75) is 52.5 Å². The van der Waals surface area contributed by atoms with Gasteiger partial charge in [-0.05, 0) is 36.0 Å². The van der Waals surface area contributed by atoms with Gasteiger partial charge in [0, 0.05) is 6.04 Å². The van der Waals surface area contributed by atoms with Crippen molar-refractivity contribution in [3.8, 4) is 0 Å². The number of nitrogens with one attached hydrogen (secondary N) is 1. The maximum Gasteiger partial charge on any atom is 0.304 e. The van der Waals surface area contributed by atoms with Crippen molar-refractivity contribution < 1.29 is 18.3 Å². The third-order valence-corrected chi connectivity index (χ3v) is 6.49. The van der Waals surface area contributed by atoms with Crippen LogP contribution in [0.4, 0.5) is 0 Å². The normalized spacial score (nSPS) is 36.6. The van der Waals surface area contributed by atoms with Gasteiger partial charge in [-0.1, -0.05) is 20.8 Å². The highest BCUT2D eigenvalue weighted by atomic mass is 32.2. The fraction of sp³-hybridized carbons (Fsp3) is 0.923. The highest BCUT2D eigenvalue weighted by Crippen LogP contribution is 2.62. The number of fused-ring (bicyclic) bond motifs is 2. The molecule has 5 nitrogen and oxygen atoms in total. The first-order valence-corrected chi connectivity index (χ1v) is 8.44. The van der Waals surface area contributed by atoms with Gasteiger partial charge in [0.2, 0.25) is 10.0 Å². The molecule has 2 N–H and O–H groups in total. The highest BCUT2D eigenvalue weighted by Gasteiger charge is 2.60. The third-order valence-electron chi connectivity index (χ3n) is 5.15. The van der Waals surface area contributed by atoms with E-state index in [2.05, 4.69) is 25.5 Å². The number of hydrogen-bond donors (Lipinski definition) is 2. The number of rotatable bonds is 5. The monoisotopic (exact) mass is 289 g/mol. The summed E-state index contributed by atoms with van der Waals surface area (Å²) in [4.78, 5) is 10.5. The van der Waals surface area contributed by atoms with Gasteiger partial charge in [0.15, 0.2) is 0 Å². The quantitative estimate of drug-likeness (QED) is 0.805. The lowest BCUT2D eigenvalue weighted by atomic mass is 9.69. The molecule has 0 aromatic rings. The molecule has 2 aliphatic carbocycles. The Morgan fingerprint density at radius 2 is 2.00 bits per heavy atom. The van der Waals surface area contributed by atoms with Crippen LogP contribution in [-0.2, 0) is 14.8 Å². The van der Waals surface area contributed by atoms with E-state index in [0.29, 0.717) is 5.92 Å². The topological polar surface area (TPSA) is 83.5 Å². The fourth-order valence-corrected chi connectivity index (χ4v) is 5.56. The van der Waals surface area contributed by atoms with Gasteiger partial charge in [0.25, 0.3) is 0 Å². The zero-order valence-electron chi connectivity index (χ0n) is 11.8. The minimum atomic E-state index is -3.52. The van der Waals surface area contributed by atoms with Gasteiger partial charge in [-0.25, -0.2) is 13.1 Å². The molecule has 2 fully saturated rings. The first-order valence-electron chi connectivity index (χ1n) is 6.79. The van der Waals surface area contributed by atoms with Crippen LogP contribution < -0.4 is 4.72 Å². The van der Waals surface area contributed by atoms with E-state index in [0.717, 1.165) is 19.3 Å². The summed E-state index contributed by atoms with van der Waals surface area (Å²) in [5, 5.41) is 8.60. The molecule has 3 atom stereocenters. The van der Waals surface area contributed by atoms with Crippen LogP contribution in [0.15, 0.2) is 0 Å². The Bertz CT molecular complexity index is 480. The summed E-state index contributed by atoms with van der Waals surface area (Å²) >= 11 is 0. The molecule has 19 heavy (non-hydrogen) atoms. The zero-order valence-corrected chi connectivity index (χ0v) is 12.6. The number of sulfonamides is 1. The van der Waals surface area contributed by atoms with Crippen molar-refractivity contribution in [2.75, 3.05) is 5.75 Å². The van der Waals surface area contributed by atoms with Crippen LogP contribution in [0.25, 0.3) is 0 Å². The summed E-state index contributed by atoms with van der Waals surface area (Å²) in [7, 11) is -3.52. The zero-order chi connectivity index (χ0) is 14.5. The summed E-state index contributed by atoms with van der Waals surface area (Å²) in [6.07, 6.45) is 2.93. The average Bonchev–Trinajstić information content (AvgIpc) is 2.73. The standard InChI is InChI=1S/C13H23NO4S/c1-12(2)9-4-6-13(3,8-9)11(12)14-19(17,18)7-5-10(15)16/h9,11,14H,4-8H2,1-3H3,(H,15,16).